The average Bonchev–Trinajstić information content (AvgIpc) is 3.34. The molecule has 2 saturated heterocycles. The molecule has 0 aliphatic carbocycles. The summed E-state index contributed by atoms with van der Waals surface area (Å²) in [6.07, 6.45) is -0.400. The zero-order chi connectivity index (χ0) is 21.0. The van der Waals surface area contributed by atoms with E-state index >= 15 is 0 Å². The molecule has 158 valence electrons. The molecule has 10 heteroatoms. The Balaban J connectivity index is 1.54. The molecular weight excluding hydrogens is 408 g/mol. The summed E-state index contributed by atoms with van der Waals surface area (Å²) in [6, 6.07) is 7.97. The van der Waals surface area contributed by atoms with Gasteiger partial charge < -0.3 is 19.3 Å². The van der Waals surface area contributed by atoms with Gasteiger partial charge >= 0.3 is 5.69 Å². The van der Waals surface area contributed by atoms with Crippen LogP contribution in [0, 0.1) is 6.92 Å². The van der Waals surface area contributed by atoms with Crippen LogP contribution in [0.15, 0.2) is 45.3 Å². The van der Waals surface area contributed by atoms with Crippen LogP contribution in [0.3, 0.4) is 0 Å². The molecular formula is C20H22N4O5S. The van der Waals surface area contributed by atoms with Gasteiger partial charge in [0.15, 0.2) is 12.0 Å². The first-order chi connectivity index (χ1) is 14.3. The standard InChI is InChI=1S/C20H22N4O5S/c1-10-4-6-11(7-5-10)30-17-13-16(22-19(26)23-17)24(9-21-13)18-15-14(12(8-25)27-18)28-20(2,3)29-15/h4-7,9,12,14-15,18,25H,8H2,1-3H3,(H,22,23,26)/t12-,14-,15-,18-/m1/s1. The van der Waals surface area contributed by atoms with Gasteiger partial charge in [-0.1, -0.05) is 29.5 Å². The predicted molar refractivity (Wildman–Crippen MR) is 108 cm³/mol. The van der Waals surface area contributed by atoms with Crippen LogP contribution in [0.2, 0.25) is 0 Å². The quantitative estimate of drug-likeness (QED) is 0.605. The molecule has 2 fully saturated rings. The maximum Gasteiger partial charge on any atom is 0.347 e. The van der Waals surface area contributed by atoms with E-state index in [4.69, 9.17) is 14.2 Å². The second-order valence-corrected chi connectivity index (χ2v) is 8.99. The number of fused-ring (bicyclic) bond motifs is 2. The fraction of sp³-hybridized carbons (Fsp3) is 0.450. The van der Waals surface area contributed by atoms with Crippen molar-refractivity contribution in [3.05, 3.63) is 46.6 Å². The van der Waals surface area contributed by atoms with Crippen molar-refractivity contribution in [1.29, 1.82) is 0 Å². The molecule has 2 N–H and O–H groups in total. The number of hydrogen-bond acceptors (Lipinski definition) is 8. The van der Waals surface area contributed by atoms with Gasteiger partial charge in [-0.05, 0) is 32.9 Å². The number of nitrogens with one attached hydrogen (secondary N) is 1. The number of imidazole rings is 1. The minimum Gasteiger partial charge on any atom is -0.394 e. The van der Waals surface area contributed by atoms with Crippen LogP contribution in [-0.4, -0.2) is 55.3 Å². The summed E-state index contributed by atoms with van der Waals surface area (Å²) < 4.78 is 19.7. The first-order valence-corrected chi connectivity index (χ1v) is 10.5. The molecule has 2 aliphatic heterocycles. The van der Waals surface area contributed by atoms with E-state index in [-0.39, 0.29) is 6.61 Å². The summed E-state index contributed by atoms with van der Waals surface area (Å²) in [5.74, 6) is -0.789. The van der Waals surface area contributed by atoms with Crippen molar-refractivity contribution in [3.8, 4) is 0 Å². The number of aliphatic hydroxyl groups is 1. The van der Waals surface area contributed by atoms with Crippen molar-refractivity contribution in [3.63, 3.8) is 0 Å². The number of rotatable bonds is 4. The Bertz CT molecular complexity index is 1140. The number of ether oxygens (including phenoxy) is 3. The van der Waals surface area contributed by atoms with Gasteiger partial charge in [-0.25, -0.2) is 9.78 Å². The van der Waals surface area contributed by atoms with Crippen molar-refractivity contribution >= 4 is 22.9 Å². The van der Waals surface area contributed by atoms with Gasteiger partial charge in [-0.15, -0.1) is 0 Å². The summed E-state index contributed by atoms with van der Waals surface area (Å²) in [5, 5.41) is 10.2. The lowest BCUT2D eigenvalue weighted by Gasteiger charge is -2.24. The molecule has 0 spiro atoms. The van der Waals surface area contributed by atoms with E-state index in [1.54, 1.807) is 10.9 Å². The Labute approximate surface area is 176 Å². The third-order valence-corrected chi connectivity index (χ3v) is 6.23. The van der Waals surface area contributed by atoms with Crippen LogP contribution in [-0.2, 0) is 14.2 Å². The van der Waals surface area contributed by atoms with E-state index in [9.17, 15) is 9.90 Å². The summed E-state index contributed by atoms with van der Waals surface area (Å²) in [4.78, 5) is 24.6. The van der Waals surface area contributed by atoms with Gasteiger partial charge in [0.1, 0.15) is 34.5 Å². The highest BCUT2D eigenvalue weighted by Crippen LogP contribution is 2.43. The van der Waals surface area contributed by atoms with Gasteiger partial charge in [0.05, 0.1) is 12.9 Å². The van der Waals surface area contributed by atoms with E-state index < -0.39 is 36.0 Å². The number of nitrogens with zero attached hydrogens (tertiary/aromatic N) is 3. The van der Waals surface area contributed by atoms with Crippen molar-refractivity contribution < 1.29 is 19.3 Å². The topological polar surface area (TPSA) is 111 Å². The first kappa shape index (κ1) is 19.7. The van der Waals surface area contributed by atoms with Crippen LogP contribution in [0.1, 0.15) is 25.6 Å². The summed E-state index contributed by atoms with van der Waals surface area (Å²) in [7, 11) is 0. The number of aryl methyl sites for hydroxylation is 1. The second-order valence-electron chi connectivity index (χ2n) is 7.92. The molecule has 2 aliphatic rings. The van der Waals surface area contributed by atoms with Gasteiger partial charge in [-0.2, -0.15) is 4.98 Å². The van der Waals surface area contributed by atoms with E-state index in [2.05, 4.69) is 15.0 Å². The third-order valence-electron chi connectivity index (χ3n) is 5.24. The maximum absolute atomic E-state index is 12.3. The number of H-pyrrole nitrogens is 1. The normalized spacial score (nSPS) is 27.6. The largest absolute Gasteiger partial charge is 0.394 e. The first-order valence-electron chi connectivity index (χ1n) is 9.68. The SMILES string of the molecule is Cc1ccc(Sc2nc(=O)[nH]c3c2ncn3[C@@H]2O[C@H](CO)[C@H]3OC(C)(C)O[C@H]32)cc1. The van der Waals surface area contributed by atoms with Crippen LogP contribution >= 0.6 is 11.8 Å². The van der Waals surface area contributed by atoms with Gasteiger partial charge in [0, 0.05) is 4.90 Å². The van der Waals surface area contributed by atoms with Gasteiger partial charge in [0.25, 0.3) is 0 Å². The predicted octanol–water partition coefficient (Wildman–Crippen LogP) is 1.99. The molecule has 3 aromatic rings. The smallest absolute Gasteiger partial charge is 0.347 e. The Morgan fingerprint density at radius 2 is 1.97 bits per heavy atom. The molecule has 5 rings (SSSR count). The van der Waals surface area contributed by atoms with Crippen LogP contribution in [0.5, 0.6) is 0 Å². The van der Waals surface area contributed by atoms with Gasteiger partial charge in [-0.3, -0.25) is 9.55 Å². The molecule has 4 heterocycles. The number of hydrogen-bond donors (Lipinski definition) is 2. The Hall–Kier alpha value is -2.24. The van der Waals surface area contributed by atoms with Crippen LogP contribution in [0.4, 0.5) is 0 Å². The lowest BCUT2D eigenvalue weighted by atomic mass is 10.1. The summed E-state index contributed by atoms with van der Waals surface area (Å²) in [5.41, 5.74) is 1.72. The fourth-order valence-corrected chi connectivity index (χ4v) is 4.80. The Morgan fingerprint density at radius 3 is 2.70 bits per heavy atom. The van der Waals surface area contributed by atoms with E-state index in [0.29, 0.717) is 16.2 Å². The van der Waals surface area contributed by atoms with Gasteiger partial charge in [0.2, 0.25) is 0 Å². The third kappa shape index (κ3) is 3.34. The monoisotopic (exact) mass is 430 g/mol. The maximum atomic E-state index is 12.3. The molecule has 0 amide bonds. The average molecular weight is 430 g/mol. The number of benzene rings is 1. The highest BCUT2D eigenvalue weighted by atomic mass is 32.2. The van der Waals surface area contributed by atoms with Crippen LogP contribution < -0.4 is 5.69 Å². The van der Waals surface area contributed by atoms with E-state index in [0.717, 1.165) is 10.5 Å². The molecule has 0 radical (unpaired) electrons. The van der Waals surface area contributed by atoms with E-state index in [1.165, 1.54) is 11.8 Å². The number of aromatic nitrogens is 4. The van der Waals surface area contributed by atoms with Crippen molar-refractivity contribution in [2.75, 3.05) is 6.61 Å². The van der Waals surface area contributed by atoms with Crippen molar-refractivity contribution in [2.24, 2.45) is 0 Å². The second kappa shape index (κ2) is 7.17. The molecule has 9 nitrogen and oxygen atoms in total. The molecule has 4 atom stereocenters. The minimum atomic E-state index is -0.789. The Morgan fingerprint density at radius 1 is 1.23 bits per heavy atom. The lowest BCUT2D eigenvalue weighted by molar-refractivity contribution is -0.199. The molecule has 0 bridgehead atoms. The van der Waals surface area contributed by atoms with Crippen LogP contribution in [0.25, 0.3) is 11.2 Å². The minimum absolute atomic E-state index is 0.198. The zero-order valence-corrected chi connectivity index (χ0v) is 17.5. The molecule has 0 saturated carbocycles. The molecule has 0 unspecified atom stereocenters. The molecule has 2 aromatic heterocycles. The number of aromatic amines is 1. The van der Waals surface area contributed by atoms with Crippen molar-refractivity contribution in [1.82, 2.24) is 19.5 Å². The Kier molecular flexibility index (Phi) is 4.71. The highest BCUT2D eigenvalue weighted by molar-refractivity contribution is 7.99. The highest BCUT2D eigenvalue weighted by Gasteiger charge is 2.55. The molecule has 30 heavy (non-hydrogen) atoms. The summed E-state index contributed by atoms with van der Waals surface area (Å²) in [6.45, 7) is 5.47. The summed E-state index contributed by atoms with van der Waals surface area (Å²) >= 11 is 1.38. The number of aliphatic hydroxyl groups excluding tert-OH is 1. The van der Waals surface area contributed by atoms with Crippen molar-refractivity contribution in [2.45, 2.75) is 61.0 Å². The fourth-order valence-electron chi connectivity index (χ4n) is 3.93. The lowest BCUT2D eigenvalue weighted by Crippen LogP contribution is -2.31. The molecule has 1 aromatic carbocycles. The van der Waals surface area contributed by atoms with E-state index in [1.807, 2.05) is 45.0 Å². The zero-order valence-electron chi connectivity index (χ0n) is 16.7.